The molecule has 0 bridgehead atoms. The Morgan fingerprint density at radius 3 is 0.787 bits per heavy atom. The average Bonchev–Trinajstić information content (AvgIpc) is 3.46. The topological polar surface area (TPSA) is 78.9 Å². The van der Waals surface area contributed by atoms with Crippen LogP contribution in [0.1, 0.15) is 323 Å². The summed E-state index contributed by atoms with van der Waals surface area (Å²) in [4.78, 5) is 38.3. The molecule has 1 unspecified atom stereocenters. The van der Waals surface area contributed by atoms with Crippen LogP contribution >= 0.6 is 0 Å². The number of ether oxygens (including phenoxy) is 3. The van der Waals surface area contributed by atoms with E-state index in [9.17, 15) is 14.4 Å². The molecule has 0 heterocycles. The Balaban J connectivity index is 4.23. The zero-order chi connectivity index (χ0) is 57.8. The molecule has 0 spiro atoms. The van der Waals surface area contributed by atoms with Gasteiger partial charge in [-0.3, -0.25) is 14.4 Å². The molecule has 0 aromatic rings. The lowest BCUT2D eigenvalue weighted by molar-refractivity contribution is -0.167. The molecule has 458 valence electrons. The van der Waals surface area contributed by atoms with Crippen molar-refractivity contribution in [2.45, 2.75) is 329 Å². The number of rotatable bonds is 61. The van der Waals surface area contributed by atoms with Crippen molar-refractivity contribution in [3.63, 3.8) is 0 Å². The predicted molar refractivity (Wildman–Crippen MR) is 348 cm³/mol. The van der Waals surface area contributed by atoms with Crippen molar-refractivity contribution < 1.29 is 28.6 Å². The van der Waals surface area contributed by atoms with E-state index < -0.39 is 6.10 Å². The van der Waals surface area contributed by atoms with Crippen molar-refractivity contribution in [2.24, 2.45) is 0 Å². The van der Waals surface area contributed by atoms with Gasteiger partial charge in [0.1, 0.15) is 13.2 Å². The maximum atomic E-state index is 12.9. The van der Waals surface area contributed by atoms with E-state index in [1.807, 2.05) is 0 Å². The lowest BCUT2D eigenvalue weighted by Crippen LogP contribution is -2.30. The summed E-state index contributed by atoms with van der Waals surface area (Å²) in [5.41, 5.74) is 0. The Hall–Kier alpha value is -3.93. The van der Waals surface area contributed by atoms with Crippen LogP contribution in [0.4, 0.5) is 0 Å². The third-order valence-electron chi connectivity index (χ3n) is 14.5. The number of hydrogen-bond acceptors (Lipinski definition) is 6. The number of unbranched alkanes of at least 4 members (excludes halogenated alkanes) is 32. The van der Waals surface area contributed by atoms with E-state index in [-0.39, 0.29) is 37.5 Å². The van der Waals surface area contributed by atoms with E-state index in [0.29, 0.717) is 19.3 Å². The average molecular weight is 1110 g/mol. The molecule has 0 amide bonds. The monoisotopic (exact) mass is 1110 g/mol. The second-order valence-corrected chi connectivity index (χ2v) is 22.4. The first-order chi connectivity index (χ1) is 39.5. The quantitative estimate of drug-likeness (QED) is 0.0261. The molecular formula is C74H126O6. The fourth-order valence-corrected chi connectivity index (χ4v) is 9.45. The van der Waals surface area contributed by atoms with Crippen molar-refractivity contribution in [3.8, 4) is 0 Å². The van der Waals surface area contributed by atoms with E-state index in [1.54, 1.807) is 0 Å². The molecule has 0 aromatic heterocycles. The molecule has 0 aliphatic carbocycles. The SMILES string of the molecule is CC/C=C\C/C=C\C/C=C\C/C=C\C/C=C\C/C=C\CCCCC(=O)OC(COC(=O)CCCCCCCCCCCC)COC(=O)CCCCCCCCCCCCCCCCCC/C=C\C/C=C\C/C=C\CCCCCCC. The van der Waals surface area contributed by atoms with Gasteiger partial charge in [-0.1, -0.05) is 304 Å². The van der Waals surface area contributed by atoms with E-state index in [2.05, 4.69) is 130 Å². The van der Waals surface area contributed by atoms with Crippen molar-refractivity contribution in [2.75, 3.05) is 13.2 Å². The van der Waals surface area contributed by atoms with Crippen LogP contribution in [0.5, 0.6) is 0 Å². The molecule has 0 aliphatic rings. The van der Waals surface area contributed by atoms with Crippen LogP contribution in [-0.2, 0) is 28.6 Å². The molecule has 0 saturated heterocycles. The predicted octanol–water partition coefficient (Wildman–Crippen LogP) is 23.4. The molecule has 1 atom stereocenters. The van der Waals surface area contributed by atoms with Gasteiger partial charge in [0.05, 0.1) is 0 Å². The zero-order valence-electron chi connectivity index (χ0n) is 52.6. The Morgan fingerprint density at radius 1 is 0.263 bits per heavy atom. The minimum absolute atomic E-state index is 0.0935. The first-order valence-corrected chi connectivity index (χ1v) is 33.9. The molecular weight excluding hydrogens is 985 g/mol. The number of carbonyl (C=O) groups is 3. The summed E-state index contributed by atoms with van der Waals surface area (Å²) in [7, 11) is 0. The van der Waals surface area contributed by atoms with Crippen LogP contribution in [0.2, 0.25) is 0 Å². The highest BCUT2D eigenvalue weighted by Crippen LogP contribution is 2.17. The Bertz CT molecular complexity index is 1610. The van der Waals surface area contributed by atoms with Crippen LogP contribution in [0.15, 0.2) is 109 Å². The highest BCUT2D eigenvalue weighted by atomic mass is 16.6. The Kier molecular flexibility index (Phi) is 64.3. The molecule has 0 aromatic carbocycles. The molecule has 0 saturated carbocycles. The standard InChI is InChI=1S/C74H126O6/c1-4-7-10-13-16-19-22-24-26-28-30-32-33-34-35-36-37-38-39-40-41-43-44-46-48-50-52-55-58-61-64-67-73(76)79-70-71(69-78-72(75)66-63-60-57-54-21-18-15-12-9-6-3)80-74(77)68-65-62-59-56-53-51-49-47-45-42-31-29-27-25-23-20-17-14-11-8-5-2/h8,11,17,20,22,24-25,27-28,30-31,33-34,42,47,49,53,56,71H,4-7,9-10,12-16,18-19,21,23,26,29,32,35-41,43-46,48,50-52,54-55,57-70H2,1-3H3/b11-8-,20-17-,24-22-,27-25-,30-28-,34-33-,42-31-,49-47-,56-53-. The minimum Gasteiger partial charge on any atom is -0.462 e. The van der Waals surface area contributed by atoms with E-state index in [1.165, 1.54) is 173 Å². The summed E-state index contributed by atoms with van der Waals surface area (Å²) < 4.78 is 16.9. The third-order valence-corrected chi connectivity index (χ3v) is 14.5. The lowest BCUT2D eigenvalue weighted by Gasteiger charge is -2.18. The lowest BCUT2D eigenvalue weighted by atomic mass is 10.0. The Morgan fingerprint density at radius 2 is 0.487 bits per heavy atom. The first kappa shape index (κ1) is 76.1. The summed E-state index contributed by atoms with van der Waals surface area (Å²) in [5.74, 6) is -0.930. The maximum absolute atomic E-state index is 12.9. The smallest absolute Gasteiger partial charge is 0.306 e. The van der Waals surface area contributed by atoms with Gasteiger partial charge in [0, 0.05) is 19.3 Å². The van der Waals surface area contributed by atoms with Crippen LogP contribution < -0.4 is 0 Å². The summed E-state index contributed by atoms with van der Waals surface area (Å²) in [6, 6.07) is 0. The van der Waals surface area contributed by atoms with Crippen molar-refractivity contribution in [3.05, 3.63) is 109 Å². The summed E-state index contributed by atoms with van der Waals surface area (Å²) in [5, 5.41) is 0. The molecule has 80 heavy (non-hydrogen) atoms. The molecule has 0 aliphatic heterocycles. The normalized spacial score (nSPS) is 12.8. The van der Waals surface area contributed by atoms with Crippen molar-refractivity contribution in [1.82, 2.24) is 0 Å². The molecule has 0 radical (unpaired) electrons. The van der Waals surface area contributed by atoms with Crippen LogP contribution in [0.25, 0.3) is 0 Å². The van der Waals surface area contributed by atoms with Crippen LogP contribution in [0, 0.1) is 0 Å². The van der Waals surface area contributed by atoms with Crippen LogP contribution in [0.3, 0.4) is 0 Å². The fraction of sp³-hybridized carbons (Fsp3) is 0.716. The van der Waals surface area contributed by atoms with Gasteiger partial charge in [0.15, 0.2) is 6.10 Å². The summed E-state index contributed by atoms with van der Waals surface area (Å²) in [6.45, 7) is 6.49. The Labute approximate surface area is 495 Å². The van der Waals surface area contributed by atoms with Gasteiger partial charge in [-0.25, -0.2) is 0 Å². The molecule has 6 nitrogen and oxygen atoms in total. The first-order valence-electron chi connectivity index (χ1n) is 33.9. The van der Waals surface area contributed by atoms with E-state index in [4.69, 9.17) is 14.2 Å². The zero-order valence-corrected chi connectivity index (χ0v) is 52.6. The molecule has 0 rings (SSSR count). The molecule has 0 fully saturated rings. The summed E-state index contributed by atoms with van der Waals surface area (Å²) in [6.07, 6.45) is 92.6. The van der Waals surface area contributed by atoms with E-state index in [0.717, 1.165) is 103 Å². The van der Waals surface area contributed by atoms with Crippen LogP contribution in [-0.4, -0.2) is 37.2 Å². The fourth-order valence-electron chi connectivity index (χ4n) is 9.45. The number of allylic oxidation sites excluding steroid dienone is 18. The van der Waals surface area contributed by atoms with Crippen molar-refractivity contribution in [1.29, 1.82) is 0 Å². The van der Waals surface area contributed by atoms with E-state index >= 15 is 0 Å². The van der Waals surface area contributed by atoms with Crippen molar-refractivity contribution >= 4 is 17.9 Å². The van der Waals surface area contributed by atoms with Gasteiger partial charge in [-0.2, -0.15) is 0 Å². The van der Waals surface area contributed by atoms with Gasteiger partial charge < -0.3 is 14.2 Å². The highest BCUT2D eigenvalue weighted by Gasteiger charge is 2.19. The van der Waals surface area contributed by atoms with Gasteiger partial charge in [-0.05, 0) is 109 Å². The number of carbonyl (C=O) groups excluding carboxylic acids is 3. The van der Waals surface area contributed by atoms with Gasteiger partial charge in [0.2, 0.25) is 0 Å². The highest BCUT2D eigenvalue weighted by molar-refractivity contribution is 5.71. The maximum Gasteiger partial charge on any atom is 0.306 e. The molecule has 0 N–H and O–H groups in total. The van der Waals surface area contributed by atoms with Gasteiger partial charge >= 0.3 is 17.9 Å². The number of hydrogen-bond donors (Lipinski definition) is 0. The van der Waals surface area contributed by atoms with Gasteiger partial charge in [-0.15, -0.1) is 0 Å². The summed E-state index contributed by atoms with van der Waals surface area (Å²) >= 11 is 0. The second-order valence-electron chi connectivity index (χ2n) is 22.4. The largest absolute Gasteiger partial charge is 0.462 e. The number of esters is 3. The second kappa shape index (κ2) is 67.6. The van der Waals surface area contributed by atoms with Gasteiger partial charge in [0.25, 0.3) is 0 Å². The third kappa shape index (κ3) is 64.9. The molecule has 6 heteroatoms. The minimum atomic E-state index is -0.801.